The van der Waals surface area contributed by atoms with E-state index in [9.17, 15) is 18.8 Å². The third-order valence-corrected chi connectivity index (χ3v) is 3.98. The Morgan fingerprint density at radius 3 is 2.50 bits per heavy atom. The molecule has 2 unspecified atom stereocenters. The van der Waals surface area contributed by atoms with E-state index in [-0.39, 0.29) is 11.7 Å². The fraction of sp³-hybridized carbons (Fsp3) is 0.438. The summed E-state index contributed by atoms with van der Waals surface area (Å²) >= 11 is 0. The van der Waals surface area contributed by atoms with Gasteiger partial charge >= 0.3 is 6.03 Å². The van der Waals surface area contributed by atoms with E-state index in [1.807, 2.05) is 0 Å². The van der Waals surface area contributed by atoms with Gasteiger partial charge < -0.3 is 5.32 Å². The topological polar surface area (TPSA) is 98.7 Å². The van der Waals surface area contributed by atoms with Gasteiger partial charge in [-0.25, -0.2) is 19.6 Å². The van der Waals surface area contributed by atoms with E-state index in [1.54, 1.807) is 26.0 Å². The monoisotopic (exact) mass is 337 g/mol. The fourth-order valence-electron chi connectivity index (χ4n) is 2.75. The highest BCUT2D eigenvalue weighted by atomic mass is 19.1. The Morgan fingerprint density at radius 2 is 1.96 bits per heavy atom. The van der Waals surface area contributed by atoms with Crippen molar-refractivity contribution in [3.05, 3.63) is 35.6 Å². The third kappa shape index (κ3) is 3.70. The number of halogens is 1. The average Bonchev–Trinajstić information content (AvgIpc) is 2.82. The molecule has 1 aliphatic heterocycles. The van der Waals surface area contributed by atoms with Gasteiger partial charge in [0.1, 0.15) is 17.9 Å². The lowest BCUT2D eigenvalue weighted by Crippen LogP contribution is -2.52. The molecule has 1 aromatic carbocycles. The lowest BCUT2D eigenvalue weighted by atomic mass is 10.0. The molecular formula is C16H20FN3O4. The minimum atomic E-state index is -1.08. The Morgan fingerprint density at radius 1 is 1.33 bits per heavy atom. The molecule has 4 amide bonds. The van der Waals surface area contributed by atoms with Crippen LogP contribution in [0.25, 0.3) is 0 Å². The minimum absolute atomic E-state index is 0.332. The Kier molecular flexibility index (Phi) is 5.50. The quantitative estimate of drug-likeness (QED) is 0.413. The molecule has 1 aliphatic rings. The molecule has 0 bridgehead atoms. The highest BCUT2D eigenvalue weighted by Gasteiger charge is 2.45. The lowest BCUT2D eigenvalue weighted by Gasteiger charge is -2.26. The van der Waals surface area contributed by atoms with Gasteiger partial charge in [0.15, 0.2) is 0 Å². The largest absolute Gasteiger partial charge is 0.326 e. The zero-order valence-corrected chi connectivity index (χ0v) is 13.5. The molecule has 1 aromatic rings. The zero-order chi connectivity index (χ0) is 17.9. The smallest absolute Gasteiger partial charge is 0.325 e. The number of nitrogens with one attached hydrogen (secondary N) is 2. The highest BCUT2D eigenvalue weighted by molar-refractivity contribution is 6.07. The number of carbonyl (C=O) groups is 3. The van der Waals surface area contributed by atoms with Gasteiger partial charge in [-0.1, -0.05) is 26.0 Å². The predicted molar refractivity (Wildman–Crippen MR) is 82.4 cm³/mol. The number of hydroxylamine groups is 1. The van der Waals surface area contributed by atoms with Crippen molar-refractivity contribution in [2.75, 3.05) is 0 Å². The molecule has 0 saturated carbocycles. The molecule has 8 heteroatoms. The van der Waals surface area contributed by atoms with E-state index in [0.717, 1.165) is 10.5 Å². The molecule has 1 heterocycles. The first kappa shape index (κ1) is 17.9. The Balaban J connectivity index is 2.07. The summed E-state index contributed by atoms with van der Waals surface area (Å²) in [5.41, 5.74) is 2.33. The van der Waals surface area contributed by atoms with E-state index in [0.29, 0.717) is 12.8 Å². The first-order valence-corrected chi connectivity index (χ1v) is 7.67. The van der Waals surface area contributed by atoms with Gasteiger partial charge in [0.2, 0.25) is 0 Å². The standard InChI is InChI=1S/C16H20FN3O4/c1-9(2)13(14(21)19-24)20-15(22)12(18-16(20)23)8-5-10-3-6-11(17)7-4-10/h3-4,6-7,9,12-13,24H,5,8H2,1-2H3,(H,18,23)(H,19,21). The lowest BCUT2D eigenvalue weighted by molar-refractivity contribution is -0.142. The van der Waals surface area contributed by atoms with Gasteiger partial charge in [0.05, 0.1) is 0 Å². The van der Waals surface area contributed by atoms with Gasteiger partial charge in [-0.3, -0.25) is 14.8 Å². The average molecular weight is 337 g/mol. The molecule has 1 saturated heterocycles. The van der Waals surface area contributed by atoms with Crippen LogP contribution in [0.2, 0.25) is 0 Å². The van der Waals surface area contributed by atoms with E-state index in [4.69, 9.17) is 5.21 Å². The Hall–Kier alpha value is -2.48. The number of benzene rings is 1. The molecule has 0 aromatic heterocycles. The molecular weight excluding hydrogens is 317 g/mol. The maximum atomic E-state index is 12.9. The molecule has 3 N–H and O–H groups in total. The van der Waals surface area contributed by atoms with Crippen molar-refractivity contribution < 1.29 is 24.0 Å². The van der Waals surface area contributed by atoms with Crippen LogP contribution in [0.1, 0.15) is 25.8 Å². The summed E-state index contributed by atoms with van der Waals surface area (Å²) < 4.78 is 12.9. The number of imide groups is 1. The molecule has 0 radical (unpaired) electrons. The first-order chi connectivity index (χ1) is 11.3. The van der Waals surface area contributed by atoms with Crippen molar-refractivity contribution in [3.8, 4) is 0 Å². The molecule has 24 heavy (non-hydrogen) atoms. The fourth-order valence-corrected chi connectivity index (χ4v) is 2.75. The SMILES string of the molecule is CC(C)C(C(=O)NO)N1C(=O)NC(CCc2ccc(F)cc2)C1=O. The van der Waals surface area contributed by atoms with E-state index < -0.39 is 29.9 Å². The molecule has 0 spiro atoms. The number of carbonyl (C=O) groups excluding carboxylic acids is 3. The number of aryl methyl sites for hydroxylation is 1. The van der Waals surface area contributed by atoms with Crippen molar-refractivity contribution in [1.82, 2.24) is 15.7 Å². The van der Waals surface area contributed by atoms with E-state index in [1.165, 1.54) is 17.6 Å². The van der Waals surface area contributed by atoms with Crippen LogP contribution in [0, 0.1) is 11.7 Å². The van der Waals surface area contributed by atoms with Gasteiger partial charge in [0.25, 0.3) is 11.8 Å². The Labute approximate surface area is 138 Å². The van der Waals surface area contributed by atoms with Gasteiger partial charge in [-0.15, -0.1) is 0 Å². The van der Waals surface area contributed by atoms with Crippen molar-refractivity contribution >= 4 is 17.8 Å². The number of hydrogen-bond donors (Lipinski definition) is 3. The molecule has 1 fully saturated rings. The van der Waals surface area contributed by atoms with Gasteiger partial charge in [0, 0.05) is 0 Å². The number of hydrogen-bond acceptors (Lipinski definition) is 4. The second-order valence-electron chi connectivity index (χ2n) is 6.04. The van der Waals surface area contributed by atoms with Gasteiger partial charge in [-0.2, -0.15) is 0 Å². The second-order valence-corrected chi connectivity index (χ2v) is 6.04. The highest BCUT2D eigenvalue weighted by Crippen LogP contribution is 2.20. The first-order valence-electron chi connectivity index (χ1n) is 7.67. The third-order valence-electron chi connectivity index (χ3n) is 3.98. The molecule has 2 rings (SSSR count). The summed E-state index contributed by atoms with van der Waals surface area (Å²) in [6.07, 6.45) is 0.807. The van der Waals surface area contributed by atoms with Gasteiger partial charge in [-0.05, 0) is 36.5 Å². The van der Waals surface area contributed by atoms with Crippen LogP contribution in [0.5, 0.6) is 0 Å². The van der Waals surface area contributed by atoms with Crippen molar-refractivity contribution in [1.29, 1.82) is 0 Å². The molecule has 2 atom stereocenters. The zero-order valence-electron chi connectivity index (χ0n) is 13.5. The van der Waals surface area contributed by atoms with Crippen LogP contribution in [-0.4, -0.2) is 40.0 Å². The predicted octanol–water partition coefficient (Wildman–Crippen LogP) is 1.21. The van der Waals surface area contributed by atoms with Crippen LogP contribution in [-0.2, 0) is 16.0 Å². The van der Waals surface area contributed by atoms with E-state index >= 15 is 0 Å². The Bertz CT molecular complexity index is 633. The second kappa shape index (κ2) is 7.39. The summed E-state index contributed by atoms with van der Waals surface area (Å²) in [7, 11) is 0. The number of urea groups is 1. The van der Waals surface area contributed by atoms with E-state index in [2.05, 4.69) is 5.32 Å². The molecule has 7 nitrogen and oxygen atoms in total. The van der Waals surface area contributed by atoms with Crippen molar-refractivity contribution in [3.63, 3.8) is 0 Å². The summed E-state index contributed by atoms with van der Waals surface area (Å²) in [5.74, 6) is -2.02. The van der Waals surface area contributed by atoms with Crippen LogP contribution in [0.4, 0.5) is 9.18 Å². The normalized spacial score (nSPS) is 18.7. The summed E-state index contributed by atoms with van der Waals surface area (Å²) in [4.78, 5) is 37.2. The van der Waals surface area contributed by atoms with Crippen molar-refractivity contribution in [2.45, 2.75) is 38.8 Å². The van der Waals surface area contributed by atoms with Crippen LogP contribution in [0.3, 0.4) is 0 Å². The number of rotatable bonds is 6. The summed E-state index contributed by atoms with van der Waals surface area (Å²) in [6.45, 7) is 3.35. The van der Waals surface area contributed by atoms with Crippen LogP contribution in [0.15, 0.2) is 24.3 Å². The summed E-state index contributed by atoms with van der Waals surface area (Å²) in [6, 6.07) is 3.39. The number of amides is 4. The van der Waals surface area contributed by atoms with Crippen molar-refractivity contribution in [2.24, 2.45) is 5.92 Å². The van der Waals surface area contributed by atoms with Crippen LogP contribution >= 0.6 is 0 Å². The minimum Gasteiger partial charge on any atom is -0.326 e. The van der Waals surface area contributed by atoms with Crippen LogP contribution < -0.4 is 10.8 Å². The maximum Gasteiger partial charge on any atom is 0.325 e. The number of nitrogens with zero attached hydrogens (tertiary/aromatic N) is 1. The molecule has 0 aliphatic carbocycles. The molecule has 130 valence electrons. The summed E-state index contributed by atoms with van der Waals surface area (Å²) in [5, 5.41) is 11.4. The maximum absolute atomic E-state index is 12.9.